The van der Waals surface area contributed by atoms with Gasteiger partial charge in [-0.3, -0.25) is 4.79 Å². The van der Waals surface area contributed by atoms with Crippen molar-refractivity contribution in [2.24, 2.45) is 16.7 Å². The summed E-state index contributed by atoms with van der Waals surface area (Å²) in [6.45, 7) is 6.94. The number of rotatable bonds is 4. The maximum Gasteiger partial charge on any atom is 0.251 e. The number of nitrogens with one attached hydrogen (secondary N) is 1. The zero-order valence-corrected chi connectivity index (χ0v) is 15.7. The van der Waals surface area contributed by atoms with Gasteiger partial charge in [0.2, 0.25) is 0 Å². The highest BCUT2D eigenvalue weighted by Gasteiger charge is 2.61. The molecule has 3 rings (SSSR count). The van der Waals surface area contributed by atoms with Gasteiger partial charge in [0.25, 0.3) is 5.91 Å². The number of hydrogen-bond acceptors (Lipinski definition) is 3. The Morgan fingerprint density at radius 2 is 2.00 bits per heavy atom. The molecule has 0 aliphatic heterocycles. The summed E-state index contributed by atoms with van der Waals surface area (Å²) in [5.74, 6) is 0.536. The van der Waals surface area contributed by atoms with E-state index in [4.69, 9.17) is 0 Å². The van der Waals surface area contributed by atoms with Crippen LogP contribution < -0.4 is 5.32 Å². The highest BCUT2D eigenvalue weighted by Crippen LogP contribution is 2.65. The smallest absolute Gasteiger partial charge is 0.251 e. The fourth-order valence-corrected chi connectivity index (χ4v) is 5.55. The summed E-state index contributed by atoms with van der Waals surface area (Å²) < 4.78 is 22.9. The fraction of sp³-hybridized carbons (Fsp3) is 0.632. The molecule has 2 aliphatic rings. The molecular weight excluding hydrogens is 322 g/mol. The minimum absolute atomic E-state index is 0.0373. The molecular formula is C19H27NO3S. The number of fused-ring (bicyclic) bond motifs is 2. The molecule has 0 saturated heterocycles. The predicted molar refractivity (Wildman–Crippen MR) is 95.5 cm³/mol. The number of hydrogen-bond donors (Lipinski definition) is 1. The fourth-order valence-electron chi connectivity index (χ4n) is 4.77. The van der Waals surface area contributed by atoms with E-state index in [1.54, 1.807) is 24.3 Å². The van der Waals surface area contributed by atoms with Gasteiger partial charge in [-0.2, -0.15) is 0 Å². The summed E-state index contributed by atoms with van der Waals surface area (Å²) in [6, 6.07) is 7.14. The van der Waals surface area contributed by atoms with Gasteiger partial charge in [-0.05, 0) is 53.7 Å². The van der Waals surface area contributed by atoms with Crippen molar-refractivity contribution < 1.29 is 13.2 Å². The molecule has 1 amide bonds. The van der Waals surface area contributed by atoms with Crippen LogP contribution in [0, 0.1) is 16.7 Å². The van der Waals surface area contributed by atoms with E-state index in [2.05, 4.69) is 26.1 Å². The van der Waals surface area contributed by atoms with Crippen molar-refractivity contribution >= 4 is 15.7 Å². The van der Waals surface area contributed by atoms with Gasteiger partial charge >= 0.3 is 0 Å². The Morgan fingerprint density at radius 3 is 2.54 bits per heavy atom. The Morgan fingerprint density at radius 1 is 1.29 bits per heavy atom. The number of benzene rings is 1. The first-order valence-electron chi connectivity index (χ1n) is 8.60. The lowest BCUT2D eigenvalue weighted by molar-refractivity contribution is 0.0826. The molecule has 2 aliphatic carbocycles. The lowest BCUT2D eigenvalue weighted by Crippen LogP contribution is -2.46. The second kappa shape index (κ2) is 5.58. The molecule has 2 bridgehead atoms. The second-order valence-electron chi connectivity index (χ2n) is 8.41. The van der Waals surface area contributed by atoms with E-state index < -0.39 is 9.84 Å². The van der Waals surface area contributed by atoms with Crippen LogP contribution in [0.1, 0.15) is 56.0 Å². The van der Waals surface area contributed by atoms with Crippen LogP contribution in [0.15, 0.2) is 24.3 Å². The number of sulfone groups is 1. The molecule has 4 nitrogen and oxygen atoms in total. The first-order valence-corrected chi connectivity index (χ1v) is 10.7. The van der Waals surface area contributed by atoms with Crippen molar-refractivity contribution in [3.63, 3.8) is 0 Å². The molecule has 0 heterocycles. The minimum atomic E-state index is -3.11. The van der Waals surface area contributed by atoms with Gasteiger partial charge < -0.3 is 5.32 Å². The highest BCUT2D eigenvalue weighted by atomic mass is 32.2. The van der Waals surface area contributed by atoms with Gasteiger partial charge in [-0.1, -0.05) is 32.9 Å². The zero-order valence-electron chi connectivity index (χ0n) is 14.9. The molecule has 0 spiro atoms. The third-order valence-electron chi connectivity index (χ3n) is 6.72. The van der Waals surface area contributed by atoms with Crippen LogP contribution in [0.3, 0.4) is 0 Å². The SMILES string of the molecule is CC1(C)C2CCC1(C)C(NC(=O)c1cccc(CS(C)(=O)=O)c1)C2. The van der Waals surface area contributed by atoms with Crippen molar-refractivity contribution in [3.05, 3.63) is 35.4 Å². The van der Waals surface area contributed by atoms with Gasteiger partial charge in [0.15, 0.2) is 9.84 Å². The first kappa shape index (κ1) is 17.5. The Kier molecular flexibility index (Phi) is 4.06. The largest absolute Gasteiger partial charge is 0.349 e. The molecule has 0 radical (unpaired) electrons. The molecule has 3 unspecified atom stereocenters. The molecule has 2 saturated carbocycles. The number of carbonyl (C=O) groups is 1. The average Bonchev–Trinajstić information content (AvgIpc) is 2.79. The Hall–Kier alpha value is -1.36. The van der Waals surface area contributed by atoms with Gasteiger partial charge in [0, 0.05) is 17.9 Å². The Bertz CT molecular complexity index is 769. The minimum Gasteiger partial charge on any atom is -0.349 e. The van der Waals surface area contributed by atoms with Gasteiger partial charge in [0.05, 0.1) is 5.75 Å². The molecule has 24 heavy (non-hydrogen) atoms. The third-order valence-corrected chi connectivity index (χ3v) is 7.58. The van der Waals surface area contributed by atoms with Gasteiger partial charge in [-0.15, -0.1) is 0 Å². The molecule has 5 heteroatoms. The Labute approximate surface area is 145 Å². The number of carbonyl (C=O) groups excluding carboxylic acids is 1. The maximum absolute atomic E-state index is 12.7. The predicted octanol–water partition coefficient (Wildman–Crippen LogP) is 3.18. The van der Waals surface area contributed by atoms with Crippen molar-refractivity contribution in [2.45, 2.75) is 51.8 Å². The molecule has 2 fully saturated rings. The quantitative estimate of drug-likeness (QED) is 0.908. The summed E-state index contributed by atoms with van der Waals surface area (Å²) in [5, 5.41) is 3.22. The van der Waals surface area contributed by atoms with E-state index in [1.807, 2.05) is 0 Å². The highest BCUT2D eigenvalue weighted by molar-refractivity contribution is 7.89. The first-order chi connectivity index (χ1) is 11.0. The van der Waals surface area contributed by atoms with Crippen LogP contribution in [-0.4, -0.2) is 26.6 Å². The van der Waals surface area contributed by atoms with Crippen LogP contribution in [0.2, 0.25) is 0 Å². The summed E-state index contributed by atoms with van der Waals surface area (Å²) in [4.78, 5) is 12.7. The van der Waals surface area contributed by atoms with Crippen LogP contribution in [-0.2, 0) is 15.6 Å². The average molecular weight is 349 g/mol. The summed E-state index contributed by atoms with van der Waals surface area (Å²) >= 11 is 0. The van der Waals surface area contributed by atoms with Gasteiger partial charge in [-0.25, -0.2) is 8.42 Å². The Balaban J connectivity index is 1.76. The second-order valence-corrected chi connectivity index (χ2v) is 10.5. The zero-order chi connectivity index (χ0) is 17.8. The van der Waals surface area contributed by atoms with E-state index in [-0.39, 0.29) is 28.5 Å². The van der Waals surface area contributed by atoms with Crippen LogP contribution in [0.4, 0.5) is 0 Å². The van der Waals surface area contributed by atoms with Crippen molar-refractivity contribution in [1.29, 1.82) is 0 Å². The summed E-state index contributed by atoms with van der Waals surface area (Å²) in [5.41, 5.74) is 1.59. The summed E-state index contributed by atoms with van der Waals surface area (Å²) in [7, 11) is -3.11. The van der Waals surface area contributed by atoms with Crippen molar-refractivity contribution in [1.82, 2.24) is 5.32 Å². The van der Waals surface area contributed by atoms with Crippen LogP contribution in [0.25, 0.3) is 0 Å². The van der Waals surface area contributed by atoms with Gasteiger partial charge in [0.1, 0.15) is 0 Å². The van der Waals surface area contributed by atoms with Crippen LogP contribution >= 0.6 is 0 Å². The molecule has 132 valence electrons. The topological polar surface area (TPSA) is 63.2 Å². The van der Waals surface area contributed by atoms with Crippen LogP contribution in [0.5, 0.6) is 0 Å². The van der Waals surface area contributed by atoms with E-state index in [9.17, 15) is 13.2 Å². The molecule has 1 aromatic rings. The summed E-state index contributed by atoms with van der Waals surface area (Å²) in [6.07, 6.45) is 4.65. The maximum atomic E-state index is 12.7. The molecule has 0 aromatic heterocycles. The molecule has 1 N–H and O–H groups in total. The van der Waals surface area contributed by atoms with E-state index >= 15 is 0 Å². The molecule has 1 aromatic carbocycles. The van der Waals surface area contributed by atoms with E-state index in [1.165, 1.54) is 12.7 Å². The lowest BCUT2D eigenvalue weighted by atomic mass is 9.69. The van der Waals surface area contributed by atoms with E-state index in [0.29, 0.717) is 17.0 Å². The number of amides is 1. The van der Waals surface area contributed by atoms with Crippen molar-refractivity contribution in [3.8, 4) is 0 Å². The molecule has 3 atom stereocenters. The lowest BCUT2D eigenvalue weighted by Gasteiger charge is -2.39. The van der Waals surface area contributed by atoms with E-state index in [0.717, 1.165) is 12.8 Å². The monoisotopic (exact) mass is 349 g/mol. The van der Waals surface area contributed by atoms with Crippen molar-refractivity contribution in [2.75, 3.05) is 6.26 Å². The third kappa shape index (κ3) is 2.87. The normalized spacial score (nSPS) is 31.2. The standard InChI is InChI=1S/C19H27NO3S/c1-18(2)15-8-9-19(18,3)16(11-15)20-17(21)14-7-5-6-13(10-14)12-24(4,22)23/h5-7,10,15-16H,8-9,11-12H2,1-4H3,(H,20,21).